The first kappa shape index (κ1) is 10.0. The Morgan fingerprint density at radius 2 is 2.20 bits per heavy atom. The van der Waals surface area contributed by atoms with Crippen molar-refractivity contribution in [1.29, 1.82) is 0 Å². The zero-order chi connectivity index (χ0) is 11.0. The highest BCUT2D eigenvalue weighted by molar-refractivity contribution is 5.75. The van der Waals surface area contributed by atoms with Crippen LogP contribution in [0.3, 0.4) is 0 Å². The van der Waals surface area contributed by atoms with Crippen LogP contribution in [0.4, 0.5) is 5.69 Å². The number of aryl methyl sites for hydroxylation is 2. The largest absolute Gasteiger partial charge is 0.481 e. The molecule has 2 unspecified atom stereocenters. The Hall–Kier alpha value is -1.51. The standard InChI is InChI=1S/C12H15NO2/c1-7-3-4-10(8(2)5-7)13-11-6-9(11)12(14)15/h3-5,9,11,13H,6H2,1-2H3,(H,14,15). The average molecular weight is 205 g/mol. The van der Waals surface area contributed by atoms with Gasteiger partial charge in [0, 0.05) is 11.7 Å². The lowest BCUT2D eigenvalue weighted by Gasteiger charge is -2.09. The van der Waals surface area contributed by atoms with Gasteiger partial charge >= 0.3 is 5.97 Å². The summed E-state index contributed by atoms with van der Waals surface area (Å²) in [5.74, 6) is -0.900. The molecule has 0 heterocycles. The maximum absolute atomic E-state index is 10.7. The minimum absolute atomic E-state index is 0.115. The van der Waals surface area contributed by atoms with E-state index in [2.05, 4.69) is 11.4 Å². The van der Waals surface area contributed by atoms with Gasteiger partial charge in [0.1, 0.15) is 0 Å². The lowest BCUT2D eigenvalue weighted by molar-refractivity contribution is -0.138. The van der Waals surface area contributed by atoms with E-state index in [9.17, 15) is 4.79 Å². The van der Waals surface area contributed by atoms with E-state index in [-0.39, 0.29) is 12.0 Å². The van der Waals surface area contributed by atoms with Crippen molar-refractivity contribution in [2.75, 3.05) is 5.32 Å². The lowest BCUT2D eigenvalue weighted by Crippen LogP contribution is -2.10. The summed E-state index contributed by atoms with van der Waals surface area (Å²) in [6.07, 6.45) is 0.739. The molecular formula is C12H15NO2. The van der Waals surface area contributed by atoms with Crippen molar-refractivity contribution in [3.63, 3.8) is 0 Å². The topological polar surface area (TPSA) is 49.3 Å². The Kier molecular flexibility index (Phi) is 2.39. The Bertz CT molecular complexity index is 401. The van der Waals surface area contributed by atoms with Crippen molar-refractivity contribution in [1.82, 2.24) is 0 Å². The van der Waals surface area contributed by atoms with Gasteiger partial charge in [0.05, 0.1) is 5.92 Å². The number of nitrogens with one attached hydrogen (secondary N) is 1. The molecule has 1 aliphatic carbocycles. The van der Waals surface area contributed by atoms with E-state index < -0.39 is 5.97 Å². The maximum atomic E-state index is 10.7. The molecule has 2 N–H and O–H groups in total. The molecule has 0 amide bonds. The number of hydrogen-bond acceptors (Lipinski definition) is 2. The van der Waals surface area contributed by atoms with Crippen molar-refractivity contribution in [2.45, 2.75) is 26.3 Å². The van der Waals surface area contributed by atoms with Crippen LogP contribution in [0.5, 0.6) is 0 Å². The third-order valence-electron chi connectivity index (χ3n) is 2.83. The molecule has 1 fully saturated rings. The monoisotopic (exact) mass is 205 g/mol. The van der Waals surface area contributed by atoms with E-state index in [1.165, 1.54) is 11.1 Å². The summed E-state index contributed by atoms with van der Waals surface area (Å²) in [6.45, 7) is 4.08. The van der Waals surface area contributed by atoms with Crippen molar-refractivity contribution >= 4 is 11.7 Å². The first-order valence-corrected chi connectivity index (χ1v) is 5.14. The number of anilines is 1. The summed E-state index contributed by atoms with van der Waals surface area (Å²) in [5, 5.41) is 12.0. The molecule has 3 nitrogen and oxygen atoms in total. The molecule has 0 aromatic heterocycles. The second-order valence-electron chi connectivity index (χ2n) is 4.25. The number of carboxylic acids is 1. The number of benzene rings is 1. The summed E-state index contributed by atoms with van der Waals surface area (Å²) in [5.41, 5.74) is 3.45. The molecule has 0 saturated heterocycles. The summed E-state index contributed by atoms with van der Waals surface area (Å²) in [7, 11) is 0. The first-order chi connectivity index (χ1) is 7.08. The third kappa shape index (κ3) is 2.12. The third-order valence-corrected chi connectivity index (χ3v) is 2.83. The van der Waals surface area contributed by atoms with Crippen LogP contribution in [0.1, 0.15) is 17.5 Å². The fourth-order valence-electron chi connectivity index (χ4n) is 1.80. The minimum atomic E-state index is -0.697. The van der Waals surface area contributed by atoms with Crippen molar-refractivity contribution in [2.24, 2.45) is 5.92 Å². The van der Waals surface area contributed by atoms with Gasteiger partial charge in [0.2, 0.25) is 0 Å². The summed E-state index contributed by atoms with van der Waals surface area (Å²) in [4.78, 5) is 10.7. The first-order valence-electron chi connectivity index (χ1n) is 5.14. The second-order valence-corrected chi connectivity index (χ2v) is 4.25. The number of hydrogen-bond donors (Lipinski definition) is 2. The van der Waals surface area contributed by atoms with E-state index in [0.717, 1.165) is 12.1 Å². The van der Waals surface area contributed by atoms with E-state index in [0.29, 0.717) is 0 Å². The fraction of sp³-hybridized carbons (Fsp3) is 0.417. The van der Waals surface area contributed by atoms with E-state index in [4.69, 9.17) is 5.11 Å². The van der Waals surface area contributed by atoms with Gasteiger partial charge in [-0.3, -0.25) is 4.79 Å². The van der Waals surface area contributed by atoms with Crippen LogP contribution >= 0.6 is 0 Å². The fourth-order valence-corrected chi connectivity index (χ4v) is 1.80. The smallest absolute Gasteiger partial charge is 0.308 e. The number of aliphatic carboxylic acids is 1. The Labute approximate surface area is 89.1 Å². The molecule has 0 radical (unpaired) electrons. The highest BCUT2D eigenvalue weighted by Crippen LogP contribution is 2.34. The molecule has 1 aromatic rings. The van der Waals surface area contributed by atoms with Crippen LogP contribution in [0.2, 0.25) is 0 Å². The van der Waals surface area contributed by atoms with Crippen molar-refractivity contribution in [3.8, 4) is 0 Å². The van der Waals surface area contributed by atoms with Crippen LogP contribution in [0, 0.1) is 19.8 Å². The predicted octanol–water partition coefficient (Wildman–Crippen LogP) is 2.19. The molecule has 0 spiro atoms. The SMILES string of the molecule is Cc1ccc(NC2CC2C(=O)O)c(C)c1. The van der Waals surface area contributed by atoms with Gasteiger partial charge in [-0.1, -0.05) is 17.7 Å². The Balaban J connectivity index is 2.04. The van der Waals surface area contributed by atoms with Gasteiger partial charge in [-0.2, -0.15) is 0 Å². The predicted molar refractivity (Wildman–Crippen MR) is 59.1 cm³/mol. The lowest BCUT2D eigenvalue weighted by atomic mass is 10.1. The highest BCUT2D eigenvalue weighted by atomic mass is 16.4. The zero-order valence-corrected chi connectivity index (χ0v) is 8.95. The molecule has 2 rings (SSSR count). The highest BCUT2D eigenvalue weighted by Gasteiger charge is 2.43. The van der Waals surface area contributed by atoms with Gasteiger partial charge < -0.3 is 10.4 Å². The molecule has 2 atom stereocenters. The van der Waals surface area contributed by atoms with Crippen molar-refractivity contribution < 1.29 is 9.90 Å². The average Bonchev–Trinajstić information content (AvgIpc) is 2.89. The normalized spacial score (nSPS) is 23.6. The van der Waals surface area contributed by atoms with E-state index >= 15 is 0 Å². The summed E-state index contributed by atoms with van der Waals surface area (Å²) < 4.78 is 0. The van der Waals surface area contributed by atoms with Crippen LogP contribution < -0.4 is 5.32 Å². The molecule has 80 valence electrons. The van der Waals surface area contributed by atoms with Gasteiger partial charge in [-0.15, -0.1) is 0 Å². The molecule has 0 aliphatic heterocycles. The maximum Gasteiger partial charge on any atom is 0.308 e. The van der Waals surface area contributed by atoms with E-state index in [1.807, 2.05) is 26.0 Å². The van der Waals surface area contributed by atoms with Gasteiger partial charge in [-0.25, -0.2) is 0 Å². The zero-order valence-electron chi connectivity index (χ0n) is 8.95. The van der Waals surface area contributed by atoms with E-state index in [1.54, 1.807) is 0 Å². The van der Waals surface area contributed by atoms with Gasteiger partial charge in [0.25, 0.3) is 0 Å². The quantitative estimate of drug-likeness (QED) is 0.795. The molecule has 1 aromatic carbocycles. The summed E-state index contributed by atoms with van der Waals surface area (Å²) in [6, 6.07) is 6.26. The Morgan fingerprint density at radius 3 is 2.73 bits per heavy atom. The van der Waals surface area contributed by atoms with Gasteiger partial charge in [-0.05, 0) is 31.9 Å². The van der Waals surface area contributed by atoms with Crippen LogP contribution in [-0.2, 0) is 4.79 Å². The molecule has 3 heteroatoms. The number of rotatable bonds is 3. The molecule has 15 heavy (non-hydrogen) atoms. The molecule has 1 saturated carbocycles. The van der Waals surface area contributed by atoms with Gasteiger partial charge in [0.15, 0.2) is 0 Å². The van der Waals surface area contributed by atoms with Crippen LogP contribution in [0.25, 0.3) is 0 Å². The molecular weight excluding hydrogens is 190 g/mol. The van der Waals surface area contributed by atoms with Crippen LogP contribution in [-0.4, -0.2) is 17.1 Å². The van der Waals surface area contributed by atoms with Crippen molar-refractivity contribution in [3.05, 3.63) is 29.3 Å². The minimum Gasteiger partial charge on any atom is -0.481 e. The summed E-state index contributed by atoms with van der Waals surface area (Å²) >= 11 is 0. The number of carbonyl (C=O) groups is 1. The number of carboxylic acid groups (broad SMARTS) is 1. The Morgan fingerprint density at radius 1 is 1.47 bits per heavy atom. The molecule has 0 bridgehead atoms. The second kappa shape index (κ2) is 3.57. The van der Waals surface area contributed by atoms with Crippen LogP contribution in [0.15, 0.2) is 18.2 Å². The molecule has 1 aliphatic rings.